The Morgan fingerprint density at radius 1 is 1.28 bits per heavy atom. The Bertz CT molecular complexity index is 925. The zero-order valence-electron chi connectivity index (χ0n) is 17.1. The number of Topliss-reactive ketones (excluding diaryl/α,β-unsaturated/α-hetero) is 1. The molecule has 1 atom stereocenters. The van der Waals surface area contributed by atoms with Crippen molar-refractivity contribution in [1.82, 2.24) is 14.5 Å². The van der Waals surface area contributed by atoms with E-state index in [0.717, 1.165) is 30.6 Å². The molecular formula is C21H29N3O4S. The van der Waals surface area contributed by atoms with E-state index in [4.69, 9.17) is 4.74 Å². The molecular weight excluding hydrogens is 390 g/mol. The third-order valence-electron chi connectivity index (χ3n) is 5.28. The number of hydrogen-bond donors (Lipinski definition) is 0. The van der Waals surface area contributed by atoms with Gasteiger partial charge in [-0.05, 0) is 25.8 Å². The second-order valence-corrected chi connectivity index (χ2v) is 9.52. The van der Waals surface area contributed by atoms with Gasteiger partial charge in [0, 0.05) is 51.1 Å². The van der Waals surface area contributed by atoms with Crippen LogP contribution in [0, 0.1) is 5.92 Å². The lowest BCUT2D eigenvalue weighted by Crippen LogP contribution is -2.38. The SMILES string of the molecule is COCCCn1c(CN2CCC[C@@H](C(=O)c3ccccc3)C2)cnc1S(C)(=O)=O. The first-order chi connectivity index (χ1) is 13.9. The van der Waals surface area contributed by atoms with Gasteiger partial charge in [-0.15, -0.1) is 0 Å². The van der Waals surface area contributed by atoms with Gasteiger partial charge >= 0.3 is 0 Å². The standard InChI is InChI=1S/C21H29N3O4S/c1-28-13-7-12-24-19(14-22-21(24)29(2,26)27)16-23-11-6-10-18(15-23)20(25)17-8-4-3-5-9-17/h3-5,8-9,14,18H,6-7,10-13,15-16H2,1-2H3/t18-/m1/s1. The molecule has 7 nitrogen and oxygen atoms in total. The minimum Gasteiger partial charge on any atom is -0.385 e. The first-order valence-electron chi connectivity index (χ1n) is 9.95. The van der Waals surface area contributed by atoms with Gasteiger partial charge in [-0.25, -0.2) is 13.4 Å². The molecule has 0 aliphatic carbocycles. The number of carbonyl (C=O) groups is 1. The molecule has 1 aliphatic heterocycles. The van der Waals surface area contributed by atoms with Crippen LogP contribution >= 0.6 is 0 Å². The molecule has 0 radical (unpaired) electrons. The molecule has 1 saturated heterocycles. The van der Waals surface area contributed by atoms with Crippen LogP contribution in [0.1, 0.15) is 35.3 Å². The quantitative estimate of drug-likeness (QED) is 0.459. The second kappa shape index (κ2) is 9.65. The van der Waals surface area contributed by atoms with Crippen LogP contribution in [0.5, 0.6) is 0 Å². The van der Waals surface area contributed by atoms with Gasteiger partial charge in [0.15, 0.2) is 5.78 Å². The molecule has 2 heterocycles. The zero-order valence-corrected chi connectivity index (χ0v) is 17.9. The molecule has 0 spiro atoms. The fourth-order valence-corrected chi connectivity index (χ4v) is 4.75. The van der Waals surface area contributed by atoms with Crippen molar-refractivity contribution in [3.05, 3.63) is 47.8 Å². The predicted octanol–water partition coefficient (Wildman–Crippen LogP) is 2.42. The van der Waals surface area contributed by atoms with Crippen LogP contribution in [0.2, 0.25) is 0 Å². The summed E-state index contributed by atoms with van der Waals surface area (Å²) in [5.74, 6) is 0.145. The lowest BCUT2D eigenvalue weighted by Gasteiger charge is -2.32. The van der Waals surface area contributed by atoms with E-state index in [0.29, 0.717) is 32.7 Å². The average Bonchev–Trinajstić information content (AvgIpc) is 3.11. The highest BCUT2D eigenvalue weighted by atomic mass is 32.2. The molecule has 0 saturated carbocycles. The molecule has 2 aromatic rings. The Balaban J connectivity index is 1.73. The van der Waals surface area contributed by atoms with E-state index in [1.807, 2.05) is 30.3 Å². The smallest absolute Gasteiger partial charge is 0.227 e. The molecule has 0 N–H and O–H groups in total. The predicted molar refractivity (Wildman–Crippen MR) is 111 cm³/mol. The van der Waals surface area contributed by atoms with Crippen LogP contribution in [0.25, 0.3) is 0 Å². The van der Waals surface area contributed by atoms with Crippen molar-refractivity contribution in [3.63, 3.8) is 0 Å². The summed E-state index contributed by atoms with van der Waals surface area (Å²) in [7, 11) is -1.78. The molecule has 29 heavy (non-hydrogen) atoms. The number of sulfone groups is 1. The molecule has 1 fully saturated rings. The van der Waals surface area contributed by atoms with Crippen LogP contribution in [0.15, 0.2) is 41.7 Å². The van der Waals surface area contributed by atoms with Crippen molar-refractivity contribution in [3.8, 4) is 0 Å². The molecule has 1 aliphatic rings. The van der Waals surface area contributed by atoms with Gasteiger partial charge in [0.25, 0.3) is 0 Å². The summed E-state index contributed by atoms with van der Waals surface area (Å²) >= 11 is 0. The van der Waals surface area contributed by atoms with E-state index in [2.05, 4.69) is 9.88 Å². The van der Waals surface area contributed by atoms with E-state index >= 15 is 0 Å². The van der Waals surface area contributed by atoms with Crippen molar-refractivity contribution in [2.75, 3.05) is 33.1 Å². The maximum absolute atomic E-state index is 12.8. The van der Waals surface area contributed by atoms with Crippen LogP contribution in [0.4, 0.5) is 0 Å². The summed E-state index contributed by atoms with van der Waals surface area (Å²) in [4.78, 5) is 19.2. The van der Waals surface area contributed by atoms with Crippen molar-refractivity contribution >= 4 is 15.6 Å². The number of rotatable bonds is 9. The molecule has 0 amide bonds. The highest BCUT2D eigenvalue weighted by Crippen LogP contribution is 2.23. The first kappa shape index (κ1) is 21.7. The lowest BCUT2D eigenvalue weighted by atomic mass is 9.90. The third-order valence-corrected chi connectivity index (χ3v) is 6.27. The van der Waals surface area contributed by atoms with Gasteiger partial charge < -0.3 is 9.30 Å². The number of ether oxygens (including phenoxy) is 1. The number of hydrogen-bond acceptors (Lipinski definition) is 6. The van der Waals surface area contributed by atoms with Gasteiger partial charge in [-0.1, -0.05) is 30.3 Å². The number of piperidine rings is 1. The maximum Gasteiger partial charge on any atom is 0.227 e. The fraction of sp³-hybridized carbons (Fsp3) is 0.524. The zero-order chi connectivity index (χ0) is 20.9. The molecule has 1 aromatic carbocycles. The average molecular weight is 420 g/mol. The monoisotopic (exact) mass is 419 g/mol. The van der Waals surface area contributed by atoms with Crippen molar-refractivity contribution in [1.29, 1.82) is 0 Å². The number of benzene rings is 1. The molecule has 3 rings (SSSR count). The normalized spacial score (nSPS) is 18.1. The Hall–Kier alpha value is -2.03. The number of ketones is 1. The minimum atomic E-state index is -3.41. The van der Waals surface area contributed by atoms with Gasteiger partial charge in [0.1, 0.15) is 0 Å². The summed E-state index contributed by atoms with van der Waals surface area (Å²) in [6, 6.07) is 9.42. The first-order valence-corrected chi connectivity index (χ1v) is 11.8. The van der Waals surface area contributed by atoms with E-state index in [1.54, 1.807) is 17.9 Å². The van der Waals surface area contributed by atoms with Gasteiger partial charge in [-0.2, -0.15) is 0 Å². The minimum absolute atomic E-state index is 0.0367. The van der Waals surface area contributed by atoms with Crippen molar-refractivity contribution in [2.24, 2.45) is 5.92 Å². The maximum atomic E-state index is 12.8. The third kappa shape index (κ3) is 5.52. The molecule has 0 unspecified atom stereocenters. The largest absolute Gasteiger partial charge is 0.385 e. The number of likely N-dealkylation sites (tertiary alicyclic amines) is 1. The summed E-state index contributed by atoms with van der Waals surface area (Å²) in [6.45, 7) is 3.22. The van der Waals surface area contributed by atoms with Crippen LogP contribution < -0.4 is 0 Å². The molecule has 0 bridgehead atoms. The highest BCUT2D eigenvalue weighted by Gasteiger charge is 2.28. The summed E-state index contributed by atoms with van der Waals surface area (Å²) < 4.78 is 31.1. The van der Waals surface area contributed by atoms with E-state index in [1.165, 1.54) is 6.26 Å². The van der Waals surface area contributed by atoms with Crippen LogP contribution in [-0.2, 0) is 27.7 Å². The highest BCUT2D eigenvalue weighted by molar-refractivity contribution is 7.90. The topological polar surface area (TPSA) is 81.5 Å². The molecule has 8 heteroatoms. The van der Waals surface area contributed by atoms with Gasteiger partial charge in [0.2, 0.25) is 15.0 Å². The lowest BCUT2D eigenvalue weighted by molar-refractivity contribution is 0.0808. The van der Waals surface area contributed by atoms with E-state index < -0.39 is 9.84 Å². The second-order valence-electron chi connectivity index (χ2n) is 7.61. The Morgan fingerprint density at radius 3 is 2.72 bits per heavy atom. The Kier molecular flexibility index (Phi) is 7.21. The Labute approximate surface area is 172 Å². The number of carbonyl (C=O) groups excluding carboxylic acids is 1. The Morgan fingerprint density at radius 2 is 2.03 bits per heavy atom. The van der Waals surface area contributed by atoms with Crippen molar-refractivity contribution in [2.45, 2.75) is 37.5 Å². The number of nitrogens with zero attached hydrogens (tertiary/aromatic N) is 3. The van der Waals surface area contributed by atoms with Crippen LogP contribution in [0.3, 0.4) is 0 Å². The van der Waals surface area contributed by atoms with Crippen LogP contribution in [-0.4, -0.2) is 61.7 Å². The summed E-state index contributed by atoms with van der Waals surface area (Å²) in [5.41, 5.74) is 1.61. The summed E-state index contributed by atoms with van der Waals surface area (Å²) in [6.07, 6.45) is 5.36. The number of methoxy groups -OCH3 is 1. The van der Waals surface area contributed by atoms with E-state index in [-0.39, 0.29) is 16.9 Å². The molecule has 1 aromatic heterocycles. The molecule has 158 valence electrons. The number of imidazole rings is 1. The van der Waals surface area contributed by atoms with Crippen molar-refractivity contribution < 1.29 is 17.9 Å². The summed E-state index contributed by atoms with van der Waals surface area (Å²) in [5, 5.41) is 0.0949. The van der Waals surface area contributed by atoms with E-state index in [9.17, 15) is 13.2 Å². The fourth-order valence-electron chi connectivity index (χ4n) is 3.90. The number of aromatic nitrogens is 2. The van der Waals surface area contributed by atoms with Gasteiger partial charge in [-0.3, -0.25) is 9.69 Å². The van der Waals surface area contributed by atoms with Gasteiger partial charge in [0.05, 0.1) is 11.9 Å².